The van der Waals surface area contributed by atoms with Crippen LogP contribution in [-0.4, -0.2) is 26.3 Å². The topological polar surface area (TPSA) is 71.8 Å². The Labute approximate surface area is 129 Å². The molecule has 6 heteroatoms. The van der Waals surface area contributed by atoms with Gasteiger partial charge in [0.25, 0.3) is 0 Å². The van der Waals surface area contributed by atoms with Crippen LogP contribution in [0, 0.1) is 0 Å². The Morgan fingerprint density at radius 1 is 1.27 bits per heavy atom. The third kappa shape index (κ3) is 3.27. The molecule has 0 aliphatic heterocycles. The van der Waals surface area contributed by atoms with Crippen molar-refractivity contribution in [1.29, 1.82) is 0 Å². The zero-order valence-electron chi connectivity index (χ0n) is 12.7. The van der Waals surface area contributed by atoms with Crippen molar-refractivity contribution in [1.82, 2.24) is 20.1 Å². The van der Waals surface area contributed by atoms with E-state index in [1.54, 1.807) is 7.05 Å². The lowest BCUT2D eigenvalue weighted by molar-refractivity contribution is 0.235. The van der Waals surface area contributed by atoms with Crippen LogP contribution < -0.4 is 10.6 Å². The van der Waals surface area contributed by atoms with Crippen molar-refractivity contribution in [3.8, 4) is 0 Å². The largest absolute Gasteiger partial charge is 0.332 e. The summed E-state index contributed by atoms with van der Waals surface area (Å²) in [7, 11) is 1.75. The summed E-state index contributed by atoms with van der Waals surface area (Å²) in [6.45, 7) is 0. The third-order valence-electron chi connectivity index (χ3n) is 4.26. The summed E-state index contributed by atoms with van der Waals surface area (Å²) in [6, 6.07) is 10.1. The van der Waals surface area contributed by atoms with Crippen LogP contribution in [0.2, 0.25) is 0 Å². The zero-order chi connectivity index (χ0) is 15.4. The van der Waals surface area contributed by atoms with Crippen LogP contribution in [0.15, 0.2) is 36.7 Å². The predicted octanol–water partition coefficient (Wildman–Crippen LogP) is 2.49. The second kappa shape index (κ2) is 6.17. The predicted molar refractivity (Wildman–Crippen MR) is 84.5 cm³/mol. The minimum atomic E-state index is -0.214. The first-order valence-corrected chi connectivity index (χ1v) is 7.64. The number of anilines is 1. The number of benzene rings is 1. The Bertz CT molecular complexity index is 631. The second-order valence-electron chi connectivity index (χ2n) is 5.94. The number of urea groups is 1. The number of rotatable bonds is 4. The maximum absolute atomic E-state index is 12.3. The van der Waals surface area contributed by atoms with Gasteiger partial charge in [-0.25, -0.2) is 9.48 Å². The lowest BCUT2D eigenvalue weighted by Gasteiger charge is -2.30. The average molecular weight is 299 g/mol. The molecule has 0 atom stereocenters. The molecule has 2 aromatic rings. The van der Waals surface area contributed by atoms with Gasteiger partial charge in [-0.15, -0.1) is 0 Å². The lowest BCUT2D eigenvalue weighted by Crippen LogP contribution is -2.50. The van der Waals surface area contributed by atoms with Crippen molar-refractivity contribution in [2.75, 3.05) is 5.32 Å². The molecule has 1 aromatic heterocycles. The van der Waals surface area contributed by atoms with Crippen LogP contribution in [0.4, 0.5) is 10.7 Å². The van der Waals surface area contributed by atoms with Crippen LogP contribution in [0.3, 0.4) is 0 Å². The molecule has 0 spiro atoms. The van der Waals surface area contributed by atoms with Gasteiger partial charge < -0.3 is 5.32 Å². The Morgan fingerprint density at radius 3 is 2.64 bits per heavy atom. The van der Waals surface area contributed by atoms with Crippen LogP contribution >= 0.6 is 0 Å². The van der Waals surface area contributed by atoms with Gasteiger partial charge in [0.05, 0.1) is 0 Å². The van der Waals surface area contributed by atoms with E-state index in [2.05, 4.69) is 32.8 Å². The Hall–Kier alpha value is -2.37. The average Bonchev–Trinajstić information content (AvgIpc) is 3.10. The van der Waals surface area contributed by atoms with Crippen molar-refractivity contribution < 1.29 is 4.79 Å². The molecule has 0 bridgehead atoms. The van der Waals surface area contributed by atoms with E-state index in [9.17, 15) is 4.79 Å². The highest BCUT2D eigenvalue weighted by molar-refractivity contribution is 5.88. The molecule has 1 aliphatic carbocycles. The molecule has 22 heavy (non-hydrogen) atoms. The molecule has 3 rings (SSSR count). The van der Waals surface area contributed by atoms with Crippen LogP contribution in [0.25, 0.3) is 0 Å². The Balaban J connectivity index is 1.69. The number of carbonyl (C=O) groups excluding carboxylic acids is 1. The standard InChI is InChI=1S/C16H21N5O/c1-21-14(17-12-18-21)19-15(22)20-16(9-5-6-10-16)11-13-7-3-2-4-8-13/h2-4,7-8,12H,5-6,9-11H2,1H3,(H2,17,18,19,20,22). The van der Waals surface area contributed by atoms with Gasteiger partial charge in [0.1, 0.15) is 6.33 Å². The van der Waals surface area contributed by atoms with Crippen molar-refractivity contribution in [2.24, 2.45) is 7.05 Å². The number of nitrogens with one attached hydrogen (secondary N) is 2. The second-order valence-corrected chi connectivity index (χ2v) is 5.94. The molecule has 1 saturated carbocycles. The lowest BCUT2D eigenvalue weighted by atomic mass is 9.89. The molecule has 0 saturated heterocycles. The summed E-state index contributed by atoms with van der Waals surface area (Å²) in [5.41, 5.74) is 1.09. The van der Waals surface area contributed by atoms with E-state index in [1.807, 2.05) is 18.2 Å². The first-order valence-electron chi connectivity index (χ1n) is 7.64. The first-order chi connectivity index (χ1) is 10.7. The molecule has 1 aliphatic rings. The highest BCUT2D eigenvalue weighted by Gasteiger charge is 2.35. The fraction of sp³-hybridized carbons (Fsp3) is 0.438. The number of hydrogen-bond donors (Lipinski definition) is 2. The summed E-state index contributed by atoms with van der Waals surface area (Å²) in [6.07, 6.45) is 6.60. The maximum Gasteiger partial charge on any atom is 0.322 e. The number of hydrogen-bond acceptors (Lipinski definition) is 3. The molecule has 0 radical (unpaired) electrons. The van der Waals surface area contributed by atoms with Crippen LogP contribution in [0.1, 0.15) is 31.2 Å². The molecule has 0 unspecified atom stereocenters. The minimum absolute atomic E-state index is 0.163. The van der Waals surface area contributed by atoms with E-state index in [0.717, 1.165) is 32.1 Å². The normalized spacial score (nSPS) is 16.4. The van der Waals surface area contributed by atoms with Gasteiger partial charge in [-0.05, 0) is 24.8 Å². The summed E-state index contributed by atoms with van der Waals surface area (Å²) in [5, 5.41) is 9.89. The van der Waals surface area contributed by atoms with E-state index in [1.165, 1.54) is 16.6 Å². The molecule has 1 aromatic carbocycles. The van der Waals surface area contributed by atoms with Gasteiger partial charge in [0.15, 0.2) is 0 Å². The van der Waals surface area contributed by atoms with Crippen molar-refractivity contribution in [3.63, 3.8) is 0 Å². The van der Waals surface area contributed by atoms with Gasteiger partial charge >= 0.3 is 6.03 Å². The van der Waals surface area contributed by atoms with Gasteiger partial charge in [-0.3, -0.25) is 5.32 Å². The van der Waals surface area contributed by atoms with Crippen molar-refractivity contribution in [2.45, 2.75) is 37.6 Å². The number of aromatic nitrogens is 3. The molecular formula is C16H21N5O. The van der Waals surface area contributed by atoms with Crippen molar-refractivity contribution in [3.05, 3.63) is 42.2 Å². The van der Waals surface area contributed by atoms with Gasteiger partial charge in [0, 0.05) is 12.6 Å². The zero-order valence-corrected chi connectivity index (χ0v) is 12.7. The van der Waals surface area contributed by atoms with E-state index in [0.29, 0.717) is 5.95 Å². The summed E-state index contributed by atoms with van der Waals surface area (Å²) < 4.78 is 1.54. The summed E-state index contributed by atoms with van der Waals surface area (Å²) >= 11 is 0. The quantitative estimate of drug-likeness (QED) is 0.911. The number of carbonyl (C=O) groups is 1. The Morgan fingerprint density at radius 2 is 2.00 bits per heavy atom. The first kappa shape index (κ1) is 14.6. The maximum atomic E-state index is 12.3. The number of nitrogens with zero attached hydrogens (tertiary/aromatic N) is 3. The Kier molecular flexibility index (Phi) is 4.09. The van der Waals surface area contributed by atoms with Gasteiger partial charge in [-0.2, -0.15) is 10.1 Å². The van der Waals surface area contributed by atoms with Crippen LogP contribution in [-0.2, 0) is 13.5 Å². The molecule has 6 nitrogen and oxygen atoms in total. The number of aryl methyl sites for hydroxylation is 1. The third-order valence-corrected chi connectivity index (χ3v) is 4.26. The summed E-state index contributed by atoms with van der Waals surface area (Å²) in [4.78, 5) is 16.3. The highest BCUT2D eigenvalue weighted by atomic mass is 16.2. The number of amides is 2. The van der Waals surface area contributed by atoms with Gasteiger partial charge in [0.2, 0.25) is 5.95 Å². The smallest absolute Gasteiger partial charge is 0.322 e. The fourth-order valence-electron chi connectivity index (χ4n) is 3.17. The van der Waals surface area contributed by atoms with E-state index in [4.69, 9.17) is 0 Å². The molecule has 116 valence electrons. The molecule has 1 heterocycles. The fourth-order valence-corrected chi connectivity index (χ4v) is 3.17. The monoisotopic (exact) mass is 299 g/mol. The van der Waals surface area contributed by atoms with Gasteiger partial charge in [-0.1, -0.05) is 43.2 Å². The van der Waals surface area contributed by atoms with E-state index in [-0.39, 0.29) is 11.6 Å². The molecule has 2 amide bonds. The van der Waals surface area contributed by atoms with Crippen LogP contribution in [0.5, 0.6) is 0 Å². The minimum Gasteiger partial charge on any atom is -0.332 e. The van der Waals surface area contributed by atoms with E-state index >= 15 is 0 Å². The van der Waals surface area contributed by atoms with E-state index < -0.39 is 0 Å². The molecular weight excluding hydrogens is 278 g/mol. The molecule has 2 N–H and O–H groups in total. The van der Waals surface area contributed by atoms with Crippen molar-refractivity contribution >= 4 is 12.0 Å². The summed E-state index contributed by atoms with van der Waals surface area (Å²) in [5.74, 6) is 0.449. The molecule has 1 fully saturated rings. The SMILES string of the molecule is Cn1ncnc1NC(=O)NC1(Cc2ccccc2)CCCC1. The highest BCUT2D eigenvalue weighted by Crippen LogP contribution is 2.32.